The maximum absolute atomic E-state index is 4.54. The molecule has 0 unspecified atom stereocenters. The standard InChI is InChI=1S/C19H21N2P/c1-16-13-20-15-21-19(16)14-22(2,17-9-5-3-6-10-17)18-11-7-4-8-12-18/h3-13,15,22H,14H2,1-2H3. The summed E-state index contributed by atoms with van der Waals surface area (Å²) in [6.45, 7) is 4.53. The molecule has 1 heterocycles. The van der Waals surface area contributed by atoms with Gasteiger partial charge in [0.1, 0.15) is 0 Å². The van der Waals surface area contributed by atoms with Gasteiger partial charge in [-0.1, -0.05) is 0 Å². The van der Waals surface area contributed by atoms with Crippen molar-refractivity contribution in [3.8, 4) is 0 Å². The molecule has 0 amide bonds. The second-order valence-electron chi connectivity index (χ2n) is 5.89. The zero-order valence-corrected chi connectivity index (χ0v) is 14.0. The molecule has 0 aliphatic carbocycles. The summed E-state index contributed by atoms with van der Waals surface area (Å²) in [6.07, 6.45) is 4.57. The SMILES string of the molecule is Cc1cncnc1C[PH](C)(c1ccccc1)c1ccccc1. The van der Waals surface area contributed by atoms with Crippen LogP contribution >= 0.6 is 7.26 Å². The second-order valence-corrected chi connectivity index (χ2v) is 10.1. The number of hydrogen-bond acceptors (Lipinski definition) is 2. The number of rotatable bonds is 4. The minimum absolute atomic E-state index is 0.995. The van der Waals surface area contributed by atoms with Crippen LogP contribution in [0.3, 0.4) is 0 Å². The van der Waals surface area contributed by atoms with Gasteiger partial charge in [-0.3, -0.25) is 0 Å². The normalized spacial score (nSPS) is 12.1. The van der Waals surface area contributed by atoms with E-state index in [1.54, 1.807) is 6.33 Å². The summed E-state index contributed by atoms with van der Waals surface area (Å²) in [7, 11) is -1.86. The minimum atomic E-state index is -1.86. The van der Waals surface area contributed by atoms with Crippen molar-refractivity contribution in [2.45, 2.75) is 13.1 Å². The Kier molecular flexibility index (Phi) is 4.31. The molecule has 0 aliphatic heterocycles. The van der Waals surface area contributed by atoms with Gasteiger partial charge in [-0.05, 0) is 0 Å². The molecular formula is C19H21N2P. The maximum atomic E-state index is 4.54. The Hall–Kier alpha value is -2.05. The van der Waals surface area contributed by atoms with Crippen molar-refractivity contribution in [3.63, 3.8) is 0 Å². The Balaban J connectivity index is 2.10. The van der Waals surface area contributed by atoms with Crippen molar-refractivity contribution in [1.82, 2.24) is 9.97 Å². The topological polar surface area (TPSA) is 25.8 Å². The van der Waals surface area contributed by atoms with Gasteiger partial charge >= 0.3 is 132 Å². The van der Waals surface area contributed by atoms with Crippen LogP contribution in [0.5, 0.6) is 0 Å². The second kappa shape index (κ2) is 6.37. The Morgan fingerprint density at radius 2 is 1.41 bits per heavy atom. The molecule has 0 aliphatic rings. The molecule has 0 N–H and O–H groups in total. The molecule has 3 rings (SSSR count). The van der Waals surface area contributed by atoms with Crippen LogP contribution in [0, 0.1) is 6.92 Å². The fourth-order valence-electron chi connectivity index (χ4n) is 2.93. The first-order valence-electron chi connectivity index (χ1n) is 7.57. The number of hydrogen-bond donors (Lipinski definition) is 0. The molecule has 112 valence electrons. The van der Waals surface area contributed by atoms with Crippen molar-refractivity contribution in [3.05, 3.63) is 84.4 Å². The molecule has 0 saturated carbocycles. The third-order valence-corrected chi connectivity index (χ3v) is 8.60. The fourth-order valence-corrected chi connectivity index (χ4v) is 6.57. The van der Waals surface area contributed by atoms with Gasteiger partial charge in [0.2, 0.25) is 0 Å². The van der Waals surface area contributed by atoms with E-state index in [2.05, 4.69) is 84.2 Å². The van der Waals surface area contributed by atoms with E-state index in [4.69, 9.17) is 0 Å². The molecule has 0 saturated heterocycles. The van der Waals surface area contributed by atoms with Crippen molar-refractivity contribution in [2.24, 2.45) is 0 Å². The molecule has 2 nitrogen and oxygen atoms in total. The molecule has 0 bridgehead atoms. The number of aryl methyl sites for hydroxylation is 1. The molecule has 0 atom stereocenters. The van der Waals surface area contributed by atoms with Crippen LogP contribution in [0.1, 0.15) is 11.3 Å². The quantitative estimate of drug-likeness (QED) is 0.691. The third kappa shape index (κ3) is 2.93. The van der Waals surface area contributed by atoms with E-state index in [1.807, 2.05) is 6.20 Å². The van der Waals surface area contributed by atoms with Gasteiger partial charge in [0.05, 0.1) is 0 Å². The number of aromatic nitrogens is 2. The first-order valence-corrected chi connectivity index (χ1v) is 10.3. The van der Waals surface area contributed by atoms with E-state index in [0.717, 1.165) is 11.9 Å². The van der Waals surface area contributed by atoms with Crippen molar-refractivity contribution >= 4 is 17.9 Å². The first-order chi connectivity index (χ1) is 10.7. The van der Waals surface area contributed by atoms with Gasteiger partial charge < -0.3 is 0 Å². The zero-order valence-electron chi connectivity index (χ0n) is 13.0. The molecule has 1 aromatic heterocycles. The summed E-state index contributed by atoms with van der Waals surface area (Å²) >= 11 is 0. The van der Waals surface area contributed by atoms with Crippen molar-refractivity contribution in [1.29, 1.82) is 0 Å². The van der Waals surface area contributed by atoms with Crippen LogP contribution in [0.4, 0.5) is 0 Å². The van der Waals surface area contributed by atoms with Gasteiger partial charge in [-0.15, -0.1) is 0 Å². The van der Waals surface area contributed by atoms with E-state index < -0.39 is 7.26 Å². The van der Waals surface area contributed by atoms with E-state index in [1.165, 1.54) is 16.2 Å². The van der Waals surface area contributed by atoms with E-state index in [0.29, 0.717) is 0 Å². The van der Waals surface area contributed by atoms with E-state index in [9.17, 15) is 0 Å². The van der Waals surface area contributed by atoms with Crippen LogP contribution in [0.2, 0.25) is 0 Å². The third-order valence-electron chi connectivity index (χ3n) is 4.35. The monoisotopic (exact) mass is 308 g/mol. The van der Waals surface area contributed by atoms with Crippen LogP contribution in [0.15, 0.2) is 73.2 Å². The summed E-state index contributed by atoms with van der Waals surface area (Å²) in [5.41, 5.74) is 2.34. The van der Waals surface area contributed by atoms with Crippen LogP contribution < -0.4 is 10.6 Å². The summed E-state index contributed by atoms with van der Waals surface area (Å²) < 4.78 is 0. The zero-order chi connectivity index (χ0) is 15.4. The molecule has 0 fully saturated rings. The average molecular weight is 308 g/mol. The van der Waals surface area contributed by atoms with Crippen LogP contribution in [-0.2, 0) is 6.16 Å². The van der Waals surface area contributed by atoms with Gasteiger partial charge in [-0.2, -0.15) is 0 Å². The molecule has 2 aromatic carbocycles. The summed E-state index contributed by atoms with van der Waals surface area (Å²) in [5.74, 6) is 0. The number of nitrogens with zero attached hydrogens (tertiary/aromatic N) is 2. The van der Waals surface area contributed by atoms with Crippen molar-refractivity contribution < 1.29 is 0 Å². The Labute approximate surface area is 132 Å². The van der Waals surface area contributed by atoms with Gasteiger partial charge in [0.25, 0.3) is 0 Å². The van der Waals surface area contributed by atoms with E-state index in [-0.39, 0.29) is 0 Å². The predicted octanol–water partition coefficient (Wildman–Crippen LogP) is 3.32. The Morgan fingerprint density at radius 1 is 0.864 bits per heavy atom. The van der Waals surface area contributed by atoms with Gasteiger partial charge in [0, 0.05) is 0 Å². The summed E-state index contributed by atoms with van der Waals surface area (Å²) in [6, 6.07) is 21.7. The van der Waals surface area contributed by atoms with Crippen LogP contribution in [0.25, 0.3) is 0 Å². The van der Waals surface area contributed by atoms with E-state index >= 15 is 0 Å². The predicted molar refractivity (Wildman–Crippen MR) is 96.9 cm³/mol. The van der Waals surface area contributed by atoms with Crippen molar-refractivity contribution in [2.75, 3.05) is 6.66 Å². The Morgan fingerprint density at radius 3 is 1.91 bits per heavy atom. The van der Waals surface area contributed by atoms with Gasteiger partial charge in [-0.25, -0.2) is 0 Å². The summed E-state index contributed by atoms with van der Waals surface area (Å²) in [5, 5.41) is 2.89. The Bertz CT molecular complexity index is 702. The molecular weight excluding hydrogens is 287 g/mol. The molecule has 3 heteroatoms. The van der Waals surface area contributed by atoms with Crippen LogP contribution in [-0.4, -0.2) is 16.6 Å². The molecule has 3 aromatic rings. The molecule has 0 spiro atoms. The fraction of sp³-hybridized carbons (Fsp3) is 0.158. The van der Waals surface area contributed by atoms with Gasteiger partial charge in [0.15, 0.2) is 0 Å². The average Bonchev–Trinajstić information content (AvgIpc) is 2.58. The summed E-state index contributed by atoms with van der Waals surface area (Å²) in [4.78, 5) is 8.66. The first kappa shape index (κ1) is 14.9. The molecule has 0 radical (unpaired) electrons. The molecule has 22 heavy (non-hydrogen) atoms. The number of benzene rings is 2.